The van der Waals surface area contributed by atoms with Crippen molar-refractivity contribution in [2.45, 2.75) is 36.6 Å². The normalized spacial score (nSPS) is 33.0. The molecule has 2 rings (SSSR count). The summed E-state index contributed by atoms with van der Waals surface area (Å²) >= 11 is -8.28. The summed E-state index contributed by atoms with van der Waals surface area (Å²) in [5.41, 5.74) is 0. The first kappa shape index (κ1) is 24.7. The van der Waals surface area contributed by atoms with E-state index in [0.29, 0.717) is 0 Å². The number of carbonyl (C=O) groups excluding carboxylic acids is 5. The van der Waals surface area contributed by atoms with Gasteiger partial charge in [-0.05, 0) is 0 Å². The molecule has 0 amide bonds. The molecule has 6 atom stereocenters. The van der Waals surface area contributed by atoms with Crippen molar-refractivity contribution >= 4 is 55.3 Å². The van der Waals surface area contributed by atoms with E-state index in [4.69, 9.17) is 5.11 Å². The van der Waals surface area contributed by atoms with Crippen LogP contribution in [-0.4, -0.2) is 128 Å². The minimum atomic E-state index is -8.28. The molecular weight excluding hydrogens is 554 g/mol. The van der Waals surface area contributed by atoms with Gasteiger partial charge in [0.15, 0.2) is 0 Å². The van der Waals surface area contributed by atoms with E-state index < -0.39 is 91.9 Å². The van der Waals surface area contributed by atoms with Gasteiger partial charge in [-0.1, -0.05) is 0 Å². The number of hydrogen-bond acceptors (Lipinski definition) is 17. The van der Waals surface area contributed by atoms with Gasteiger partial charge < -0.3 is 0 Å². The first-order valence-electron chi connectivity index (χ1n) is 7.66. The zero-order chi connectivity index (χ0) is 23.9. The van der Waals surface area contributed by atoms with Gasteiger partial charge in [0, 0.05) is 0 Å². The second-order valence-electron chi connectivity index (χ2n) is 5.80. The molecule has 31 heavy (non-hydrogen) atoms. The molecule has 2 aliphatic heterocycles. The standard InChI is InChI=1S/3C4H6O6.Sb/c3*5-1(3(7)8)2(6)4(9)10;/h3*1-2,5-6H,(H,7,8)(H,9,10);/q;;;+5/p-5. The van der Waals surface area contributed by atoms with Crippen LogP contribution in [0.3, 0.4) is 0 Å². The summed E-state index contributed by atoms with van der Waals surface area (Å²) in [6, 6.07) is 0. The summed E-state index contributed by atoms with van der Waals surface area (Å²) in [6.07, 6.45) is -17.1. The van der Waals surface area contributed by atoms with Crippen LogP contribution in [0.5, 0.6) is 0 Å². The number of aliphatic carboxylic acids is 1. The Labute approximate surface area is 171 Å². The fourth-order valence-corrected chi connectivity index (χ4v) is 8.77. The van der Waals surface area contributed by atoms with Crippen molar-refractivity contribution < 1.29 is 79.6 Å². The third-order valence-electron chi connectivity index (χ3n) is 3.55. The van der Waals surface area contributed by atoms with Crippen LogP contribution in [0.15, 0.2) is 0 Å². The van der Waals surface area contributed by atoms with E-state index >= 15 is 0 Å². The average Bonchev–Trinajstić information content (AvgIpc) is 2.79. The molecule has 2 heterocycles. The van der Waals surface area contributed by atoms with Gasteiger partial charge in [0.25, 0.3) is 0 Å². The van der Waals surface area contributed by atoms with Crippen molar-refractivity contribution in [1.29, 1.82) is 0 Å². The monoisotopic (exact) mass is 566 g/mol. The van der Waals surface area contributed by atoms with Gasteiger partial charge in [0.05, 0.1) is 0 Å². The molecular formula is C12H13O18Sb. The van der Waals surface area contributed by atoms with E-state index in [1.54, 1.807) is 0 Å². The van der Waals surface area contributed by atoms with Crippen LogP contribution in [0.2, 0.25) is 0 Å². The molecule has 6 unspecified atom stereocenters. The maximum absolute atomic E-state index is 12.1. The van der Waals surface area contributed by atoms with Crippen LogP contribution in [-0.2, 0) is 43.8 Å². The molecule has 0 aromatic heterocycles. The van der Waals surface area contributed by atoms with Gasteiger partial charge in [-0.3, -0.25) is 0 Å². The summed E-state index contributed by atoms with van der Waals surface area (Å²) in [7, 11) is 0. The van der Waals surface area contributed by atoms with E-state index in [0.717, 1.165) is 0 Å². The zero-order valence-corrected chi connectivity index (χ0v) is 17.1. The van der Waals surface area contributed by atoms with Crippen molar-refractivity contribution in [3.8, 4) is 0 Å². The first-order valence-corrected chi connectivity index (χ1v) is 12.9. The minimum absolute atomic E-state index is 2.15. The van der Waals surface area contributed by atoms with Gasteiger partial charge in [0.2, 0.25) is 0 Å². The number of aliphatic hydroxyl groups excluding tert-OH is 6. The quantitative estimate of drug-likeness (QED) is 0.155. The van der Waals surface area contributed by atoms with Crippen molar-refractivity contribution in [2.24, 2.45) is 0 Å². The second kappa shape index (κ2) is 8.15. The Morgan fingerprint density at radius 3 is 1.26 bits per heavy atom. The number of hydrogen-bond donors (Lipinski definition) is 7. The zero-order valence-electron chi connectivity index (χ0n) is 14.5. The van der Waals surface area contributed by atoms with Crippen LogP contribution in [0.4, 0.5) is 0 Å². The van der Waals surface area contributed by atoms with Gasteiger partial charge in [-0.25, -0.2) is 0 Å². The Balaban J connectivity index is 2.67. The van der Waals surface area contributed by atoms with Crippen molar-refractivity contribution in [2.75, 3.05) is 0 Å². The number of carbonyl (C=O) groups is 6. The third kappa shape index (κ3) is 4.40. The van der Waals surface area contributed by atoms with Crippen molar-refractivity contribution in [1.82, 2.24) is 0 Å². The van der Waals surface area contributed by atoms with Crippen molar-refractivity contribution in [3.63, 3.8) is 0 Å². The predicted octanol–water partition coefficient (Wildman–Crippen LogP) is -7.13. The van der Waals surface area contributed by atoms with Gasteiger partial charge in [0.1, 0.15) is 0 Å². The Hall–Kier alpha value is -2.60. The molecule has 0 aromatic rings. The van der Waals surface area contributed by atoms with Gasteiger partial charge in [-0.15, -0.1) is 0 Å². The second-order valence-corrected chi connectivity index (χ2v) is 12.7. The molecule has 19 heteroatoms. The Morgan fingerprint density at radius 1 is 0.710 bits per heavy atom. The van der Waals surface area contributed by atoms with E-state index in [-0.39, 0.29) is 0 Å². The van der Waals surface area contributed by atoms with E-state index in [1.807, 2.05) is 0 Å². The number of carboxylic acids is 1. The molecule has 0 saturated carbocycles. The summed E-state index contributed by atoms with van der Waals surface area (Å²) in [5, 5.41) is 65.7. The molecule has 0 radical (unpaired) electrons. The fraction of sp³-hybridized carbons (Fsp3) is 0.500. The van der Waals surface area contributed by atoms with E-state index in [1.165, 1.54) is 0 Å². The molecule has 0 aliphatic carbocycles. The van der Waals surface area contributed by atoms with Crippen LogP contribution in [0.25, 0.3) is 0 Å². The third-order valence-corrected chi connectivity index (χ3v) is 10.4. The fourth-order valence-electron chi connectivity index (χ4n) is 1.97. The average molecular weight is 567 g/mol. The number of rotatable bonds is 4. The molecule has 2 fully saturated rings. The Kier molecular flexibility index (Phi) is 6.49. The molecule has 2 aliphatic rings. The van der Waals surface area contributed by atoms with Gasteiger partial charge >= 0.3 is 172 Å². The molecule has 7 N–H and O–H groups in total. The molecule has 174 valence electrons. The topological polar surface area (TPSA) is 290 Å². The van der Waals surface area contributed by atoms with Crippen LogP contribution in [0, 0.1) is 0 Å². The molecule has 18 nitrogen and oxygen atoms in total. The molecule has 1 spiro atoms. The van der Waals surface area contributed by atoms with Crippen LogP contribution < -0.4 is 0 Å². The summed E-state index contributed by atoms with van der Waals surface area (Å²) in [4.78, 5) is 70.9. The SMILES string of the molecule is O=C(O)C(O)C(O)C(=O)[O][Sb]12([O]C(=O)C(O)C(O)C(=O)[O]1)[O]C(=O)C(O)C(O)C(=O)[O]2. The Morgan fingerprint density at radius 2 is 1.00 bits per heavy atom. The Bertz CT molecular complexity index is 751. The summed E-state index contributed by atoms with van der Waals surface area (Å²) in [5.74, 6) is -13.2. The first-order chi connectivity index (χ1) is 14.1. The summed E-state index contributed by atoms with van der Waals surface area (Å²) in [6.45, 7) is 0. The maximum atomic E-state index is 12.1. The molecule has 0 aromatic carbocycles. The number of aliphatic hydroxyl groups is 6. The summed E-state index contributed by atoms with van der Waals surface area (Å²) < 4.78 is 21.9. The van der Waals surface area contributed by atoms with E-state index in [9.17, 15) is 59.4 Å². The number of carboxylic acid groups (broad SMARTS) is 1. The van der Waals surface area contributed by atoms with Crippen LogP contribution >= 0.6 is 0 Å². The molecule has 0 bridgehead atoms. The predicted molar refractivity (Wildman–Crippen MR) is 79.9 cm³/mol. The van der Waals surface area contributed by atoms with Crippen LogP contribution in [0.1, 0.15) is 0 Å². The van der Waals surface area contributed by atoms with Crippen molar-refractivity contribution in [3.05, 3.63) is 0 Å². The molecule has 2 saturated heterocycles. The van der Waals surface area contributed by atoms with E-state index in [2.05, 4.69) is 15.1 Å². The van der Waals surface area contributed by atoms with Gasteiger partial charge in [-0.2, -0.15) is 0 Å².